The van der Waals surface area contributed by atoms with Crippen molar-refractivity contribution in [3.05, 3.63) is 22.7 Å². The lowest BCUT2D eigenvalue weighted by molar-refractivity contribution is 0.254. The van der Waals surface area contributed by atoms with E-state index in [-0.39, 0.29) is 11.1 Å². The van der Waals surface area contributed by atoms with Gasteiger partial charge in [-0.3, -0.25) is 4.79 Å². The van der Waals surface area contributed by atoms with Gasteiger partial charge in [-0.2, -0.15) is 0 Å². The van der Waals surface area contributed by atoms with Crippen LogP contribution >= 0.6 is 0 Å². The minimum Gasteiger partial charge on any atom is -0.474 e. The number of fused-ring (bicyclic) bond motifs is 1. The third kappa shape index (κ3) is 2.56. The molecule has 2 aromatic rings. The van der Waals surface area contributed by atoms with Crippen molar-refractivity contribution in [1.82, 2.24) is 25.1 Å². The molecule has 0 saturated heterocycles. The number of rotatable bonds is 4. The van der Waals surface area contributed by atoms with Gasteiger partial charge in [-0.05, 0) is 14.1 Å². The van der Waals surface area contributed by atoms with Gasteiger partial charge in [0.25, 0.3) is 11.4 Å². The molecule has 0 unspecified atom stereocenters. The first-order valence-electron chi connectivity index (χ1n) is 5.15. The molecule has 0 aliphatic carbocycles. The Kier molecular flexibility index (Phi) is 3.29. The summed E-state index contributed by atoms with van der Waals surface area (Å²) >= 11 is 0. The van der Waals surface area contributed by atoms with E-state index >= 15 is 0 Å². The fourth-order valence-electron chi connectivity index (χ4n) is 1.29. The van der Waals surface area contributed by atoms with Gasteiger partial charge in [-0.15, -0.1) is 5.10 Å². The zero-order chi connectivity index (χ0) is 12.3. The van der Waals surface area contributed by atoms with E-state index in [1.54, 1.807) is 0 Å². The Bertz CT molecular complexity index is 566. The molecule has 0 amide bonds. The highest BCUT2D eigenvalue weighted by atomic mass is 16.5. The standard InChI is InChI=1S/C10H13N5O2/c1-15(2)5-6-17-10-8-7(9(16)13-14-10)11-3-4-12-8/h3-4H,5-6H2,1-2H3,(H,13,16). The van der Waals surface area contributed by atoms with E-state index in [1.165, 1.54) is 12.4 Å². The van der Waals surface area contributed by atoms with Gasteiger partial charge in [0.05, 0.1) is 0 Å². The van der Waals surface area contributed by atoms with Gasteiger partial charge in [-0.25, -0.2) is 15.1 Å². The molecule has 0 aliphatic heterocycles. The SMILES string of the molecule is CN(C)CCOc1n[nH]c(=O)c2nccnc12. The summed E-state index contributed by atoms with van der Waals surface area (Å²) in [4.78, 5) is 21.4. The van der Waals surface area contributed by atoms with Crippen LogP contribution in [0.4, 0.5) is 0 Å². The Morgan fingerprint density at radius 1 is 1.29 bits per heavy atom. The van der Waals surface area contributed by atoms with E-state index in [0.29, 0.717) is 18.0 Å². The summed E-state index contributed by atoms with van der Waals surface area (Å²) in [5, 5.41) is 6.16. The fraction of sp³-hybridized carbons (Fsp3) is 0.400. The van der Waals surface area contributed by atoms with Crippen molar-refractivity contribution in [1.29, 1.82) is 0 Å². The van der Waals surface area contributed by atoms with E-state index in [0.717, 1.165) is 6.54 Å². The van der Waals surface area contributed by atoms with Crippen LogP contribution in [0.3, 0.4) is 0 Å². The molecule has 0 bridgehead atoms. The highest BCUT2D eigenvalue weighted by Gasteiger charge is 2.09. The molecule has 0 atom stereocenters. The minimum absolute atomic E-state index is 0.238. The van der Waals surface area contributed by atoms with Crippen LogP contribution < -0.4 is 10.3 Å². The molecule has 2 heterocycles. The van der Waals surface area contributed by atoms with E-state index in [4.69, 9.17) is 4.74 Å². The number of aromatic amines is 1. The first kappa shape index (κ1) is 11.5. The number of nitrogens with zero attached hydrogens (tertiary/aromatic N) is 4. The molecule has 0 aromatic carbocycles. The highest BCUT2D eigenvalue weighted by molar-refractivity contribution is 5.77. The normalized spacial score (nSPS) is 11.0. The summed E-state index contributed by atoms with van der Waals surface area (Å²) in [6, 6.07) is 0. The summed E-state index contributed by atoms with van der Waals surface area (Å²) < 4.78 is 5.46. The second-order valence-electron chi connectivity index (χ2n) is 3.76. The first-order chi connectivity index (χ1) is 8.18. The molecule has 0 fully saturated rings. The average molecular weight is 235 g/mol. The number of H-pyrrole nitrogens is 1. The van der Waals surface area contributed by atoms with Gasteiger partial charge in [0.1, 0.15) is 6.61 Å². The summed E-state index contributed by atoms with van der Waals surface area (Å²) in [5.74, 6) is 0.301. The number of likely N-dealkylation sites (N-methyl/N-ethyl adjacent to an activating group) is 1. The first-order valence-corrected chi connectivity index (χ1v) is 5.15. The molecule has 0 spiro atoms. The van der Waals surface area contributed by atoms with Crippen LogP contribution in [0, 0.1) is 0 Å². The van der Waals surface area contributed by atoms with Crippen molar-refractivity contribution in [3.8, 4) is 5.88 Å². The van der Waals surface area contributed by atoms with Crippen LogP contribution in [0.2, 0.25) is 0 Å². The Balaban J connectivity index is 2.29. The van der Waals surface area contributed by atoms with Crippen LogP contribution in [0.1, 0.15) is 0 Å². The maximum Gasteiger partial charge on any atom is 0.292 e. The molecule has 7 heteroatoms. The van der Waals surface area contributed by atoms with Crippen molar-refractivity contribution >= 4 is 11.0 Å². The molecule has 2 aromatic heterocycles. The maximum absolute atomic E-state index is 11.4. The molecule has 0 aliphatic rings. The van der Waals surface area contributed by atoms with Gasteiger partial charge in [0, 0.05) is 18.9 Å². The maximum atomic E-state index is 11.4. The summed E-state index contributed by atoms with van der Waals surface area (Å²) in [6.45, 7) is 1.22. The van der Waals surface area contributed by atoms with Gasteiger partial charge < -0.3 is 9.64 Å². The third-order valence-electron chi connectivity index (χ3n) is 2.15. The summed E-state index contributed by atoms with van der Waals surface area (Å²) in [5.41, 5.74) is 0.255. The van der Waals surface area contributed by atoms with Crippen molar-refractivity contribution in [2.24, 2.45) is 0 Å². The van der Waals surface area contributed by atoms with Gasteiger partial charge in [0.2, 0.25) is 0 Å². The highest BCUT2D eigenvalue weighted by Crippen LogP contribution is 2.14. The predicted molar refractivity (Wildman–Crippen MR) is 62.0 cm³/mol. The molecule has 17 heavy (non-hydrogen) atoms. The summed E-state index contributed by atoms with van der Waals surface area (Å²) in [7, 11) is 3.89. The molecule has 0 saturated carbocycles. The third-order valence-corrected chi connectivity index (χ3v) is 2.15. The van der Waals surface area contributed by atoms with Crippen molar-refractivity contribution in [2.75, 3.05) is 27.2 Å². The zero-order valence-electron chi connectivity index (χ0n) is 9.67. The largest absolute Gasteiger partial charge is 0.474 e. The van der Waals surface area contributed by atoms with E-state index in [2.05, 4.69) is 20.2 Å². The topological polar surface area (TPSA) is 84.0 Å². The molecule has 7 nitrogen and oxygen atoms in total. The number of aromatic nitrogens is 4. The Hall–Kier alpha value is -2.02. The van der Waals surface area contributed by atoms with Crippen LogP contribution in [0.15, 0.2) is 17.2 Å². The molecule has 90 valence electrons. The average Bonchev–Trinajstić information content (AvgIpc) is 2.32. The number of ether oxygens (including phenoxy) is 1. The molecule has 2 rings (SSSR count). The Labute approximate surface area is 97.5 Å². The van der Waals surface area contributed by atoms with Crippen molar-refractivity contribution < 1.29 is 4.74 Å². The lowest BCUT2D eigenvalue weighted by Crippen LogP contribution is -2.21. The fourth-order valence-corrected chi connectivity index (χ4v) is 1.29. The summed E-state index contributed by atoms with van der Waals surface area (Å²) in [6.07, 6.45) is 2.96. The second-order valence-corrected chi connectivity index (χ2v) is 3.76. The van der Waals surface area contributed by atoms with Crippen LogP contribution in [-0.2, 0) is 0 Å². The predicted octanol–water partition coefficient (Wildman–Crippen LogP) is -0.347. The van der Waals surface area contributed by atoms with Crippen LogP contribution in [0.25, 0.3) is 11.0 Å². The molecule has 1 N–H and O–H groups in total. The van der Waals surface area contributed by atoms with Crippen LogP contribution in [-0.4, -0.2) is 52.3 Å². The molecular weight excluding hydrogens is 222 g/mol. The lowest BCUT2D eigenvalue weighted by atomic mass is 10.4. The van der Waals surface area contributed by atoms with Gasteiger partial charge in [0.15, 0.2) is 11.0 Å². The number of hydrogen-bond acceptors (Lipinski definition) is 6. The van der Waals surface area contributed by atoms with E-state index < -0.39 is 0 Å². The Morgan fingerprint density at radius 3 is 2.71 bits per heavy atom. The van der Waals surface area contributed by atoms with E-state index in [1.807, 2.05) is 19.0 Å². The van der Waals surface area contributed by atoms with Crippen molar-refractivity contribution in [3.63, 3.8) is 0 Å². The van der Waals surface area contributed by atoms with E-state index in [9.17, 15) is 4.79 Å². The number of nitrogens with one attached hydrogen (secondary N) is 1. The second kappa shape index (κ2) is 4.88. The Morgan fingerprint density at radius 2 is 2.00 bits per heavy atom. The zero-order valence-corrected chi connectivity index (χ0v) is 9.67. The monoisotopic (exact) mass is 235 g/mol. The molecular formula is C10H13N5O2. The van der Waals surface area contributed by atoms with Crippen molar-refractivity contribution in [2.45, 2.75) is 0 Å². The van der Waals surface area contributed by atoms with Crippen LogP contribution in [0.5, 0.6) is 5.88 Å². The quantitative estimate of drug-likeness (QED) is 0.780. The molecule has 0 radical (unpaired) electrons. The smallest absolute Gasteiger partial charge is 0.292 e. The number of hydrogen-bond donors (Lipinski definition) is 1. The van der Waals surface area contributed by atoms with Gasteiger partial charge >= 0.3 is 0 Å². The van der Waals surface area contributed by atoms with Gasteiger partial charge in [-0.1, -0.05) is 0 Å². The minimum atomic E-state index is -0.368. The lowest BCUT2D eigenvalue weighted by Gasteiger charge is -2.10.